The van der Waals surface area contributed by atoms with E-state index < -0.39 is 0 Å². The lowest BCUT2D eigenvalue weighted by atomic mass is 9.96. The van der Waals surface area contributed by atoms with Crippen molar-refractivity contribution in [2.45, 2.75) is 26.0 Å². The van der Waals surface area contributed by atoms with Crippen LogP contribution in [0.4, 0.5) is 0 Å². The monoisotopic (exact) mass is 347 g/mol. The number of piperidine rings is 1. The Morgan fingerprint density at radius 2 is 2.16 bits per heavy atom. The van der Waals surface area contributed by atoms with Crippen LogP contribution in [0.25, 0.3) is 0 Å². The molecule has 2 amide bonds. The molecule has 2 aliphatic rings. The molecule has 0 radical (unpaired) electrons. The number of rotatable bonds is 4. The van der Waals surface area contributed by atoms with Gasteiger partial charge >= 0.3 is 0 Å². The lowest BCUT2D eigenvalue weighted by Crippen LogP contribution is -2.47. The number of amides is 2. The Bertz CT molecular complexity index is 649. The fraction of sp³-hybridized carbons (Fsp3) is 0.556. The van der Waals surface area contributed by atoms with Crippen molar-refractivity contribution in [2.24, 2.45) is 11.7 Å². The molecule has 0 aliphatic carbocycles. The minimum atomic E-state index is -0.360. The van der Waals surface area contributed by atoms with Crippen LogP contribution in [-0.4, -0.2) is 59.5 Å². The molecular weight excluding hydrogens is 322 g/mol. The lowest BCUT2D eigenvalue weighted by Gasteiger charge is -2.34. The molecule has 1 atom stereocenters. The van der Waals surface area contributed by atoms with Crippen LogP contribution in [0.5, 0.6) is 5.75 Å². The summed E-state index contributed by atoms with van der Waals surface area (Å²) in [6, 6.07) is 5.57. The first kappa shape index (κ1) is 17.7. The van der Waals surface area contributed by atoms with Crippen molar-refractivity contribution < 1.29 is 19.4 Å². The first-order chi connectivity index (χ1) is 12.1. The number of likely N-dealkylation sites (tertiary alicyclic amines) is 1. The smallest absolute Gasteiger partial charge is 0.231 e. The molecule has 1 aromatic rings. The standard InChI is InChI=1S/C18H25N3O4/c19-17(23)11-20-5-1-2-14(9-20)18(24)21-6-7-25-16-4-3-13(12-22)8-15(16)10-21/h3-4,8,14,22H,1-2,5-7,9-12H2,(H2,19,23). The van der Waals surface area contributed by atoms with Gasteiger partial charge in [0.15, 0.2) is 0 Å². The van der Waals surface area contributed by atoms with E-state index in [1.165, 1.54) is 0 Å². The predicted octanol–water partition coefficient (Wildman–Crippen LogP) is 0.0972. The topological polar surface area (TPSA) is 96.1 Å². The van der Waals surface area contributed by atoms with Crippen LogP contribution in [0.2, 0.25) is 0 Å². The first-order valence-corrected chi connectivity index (χ1v) is 8.71. The summed E-state index contributed by atoms with van der Waals surface area (Å²) in [6.07, 6.45) is 1.72. The minimum absolute atomic E-state index is 0.0358. The summed E-state index contributed by atoms with van der Waals surface area (Å²) >= 11 is 0. The minimum Gasteiger partial charge on any atom is -0.491 e. The normalized spacial score (nSPS) is 21.2. The van der Waals surface area contributed by atoms with Gasteiger partial charge in [-0.25, -0.2) is 0 Å². The summed E-state index contributed by atoms with van der Waals surface area (Å²) in [7, 11) is 0. The maximum absolute atomic E-state index is 13.0. The van der Waals surface area contributed by atoms with E-state index in [0.717, 1.165) is 36.3 Å². The highest BCUT2D eigenvalue weighted by atomic mass is 16.5. The Morgan fingerprint density at radius 1 is 1.32 bits per heavy atom. The molecule has 3 rings (SSSR count). The number of ether oxygens (including phenoxy) is 1. The molecule has 7 heteroatoms. The quantitative estimate of drug-likeness (QED) is 0.805. The van der Waals surface area contributed by atoms with Gasteiger partial charge in [0.1, 0.15) is 12.4 Å². The second-order valence-corrected chi connectivity index (χ2v) is 6.75. The van der Waals surface area contributed by atoms with Crippen LogP contribution in [0.3, 0.4) is 0 Å². The van der Waals surface area contributed by atoms with E-state index in [1.54, 1.807) is 0 Å². The van der Waals surface area contributed by atoms with Gasteiger partial charge in [-0.15, -0.1) is 0 Å². The Kier molecular flexibility index (Phi) is 5.55. The summed E-state index contributed by atoms with van der Waals surface area (Å²) in [5.74, 6) is 0.393. The molecule has 0 spiro atoms. The van der Waals surface area contributed by atoms with Gasteiger partial charge in [-0.1, -0.05) is 6.07 Å². The molecule has 3 N–H and O–H groups in total. The molecule has 7 nitrogen and oxygen atoms in total. The van der Waals surface area contributed by atoms with Crippen LogP contribution in [-0.2, 0) is 22.7 Å². The van der Waals surface area contributed by atoms with Gasteiger partial charge in [-0.2, -0.15) is 0 Å². The molecule has 25 heavy (non-hydrogen) atoms. The Labute approximate surface area is 147 Å². The number of aliphatic hydroxyl groups excluding tert-OH is 1. The first-order valence-electron chi connectivity index (χ1n) is 8.71. The molecule has 136 valence electrons. The zero-order valence-corrected chi connectivity index (χ0v) is 14.3. The number of fused-ring (bicyclic) bond motifs is 1. The molecule has 2 heterocycles. The van der Waals surface area contributed by atoms with Crippen molar-refractivity contribution in [2.75, 3.05) is 32.8 Å². The van der Waals surface area contributed by atoms with E-state index in [0.29, 0.717) is 26.2 Å². The summed E-state index contributed by atoms with van der Waals surface area (Å²) in [6.45, 7) is 3.01. The van der Waals surface area contributed by atoms with Crippen molar-refractivity contribution in [3.8, 4) is 5.75 Å². The highest BCUT2D eigenvalue weighted by molar-refractivity contribution is 5.80. The number of carbonyl (C=O) groups is 2. The van der Waals surface area contributed by atoms with Gasteiger partial charge in [0, 0.05) is 18.7 Å². The molecular formula is C18H25N3O4. The van der Waals surface area contributed by atoms with Crippen LogP contribution in [0.1, 0.15) is 24.0 Å². The number of nitrogens with zero attached hydrogens (tertiary/aromatic N) is 2. The number of benzene rings is 1. The number of aliphatic hydroxyl groups is 1. The second kappa shape index (κ2) is 7.84. The van der Waals surface area contributed by atoms with Gasteiger partial charge in [0.25, 0.3) is 0 Å². The number of hydrogen-bond donors (Lipinski definition) is 2. The van der Waals surface area contributed by atoms with Gasteiger partial charge < -0.3 is 20.5 Å². The van der Waals surface area contributed by atoms with E-state index in [4.69, 9.17) is 10.5 Å². The third-order valence-corrected chi connectivity index (χ3v) is 4.83. The predicted molar refractivity (Wildman–Crippen MR) is 91.6 cm³/mol. The summed E-state index contributed by atoms with van der Waals surface area (Å²) < 4.78 is 5.74. The van der Waals surface area contributed by atoms with Crippen LogP contribution >= 0.6 is 0 Å². The number of hydrogen-bond acceptors (Lipinski definition) is 5. The van der Waals surface area contributed by atoms with E-state index in [1.807, 2.05) is 28.0 Å². The van der Waals surface area contributed by atoms with Crippen molar-refractivity contribution >= 4 is 11.8 Å². The van der Waals surface area contributed by atoms with Crippen molar-refractivity contribution in [3.05, 3.63) is 29.3 Å². The number of nitrogens with two attached hydrogens (primary N) is 1. The highest BCUT2D eigenvalue weighted by Crippen LogP contribution is 2.26. The van der Waals surface area contributed by atoms with Crippen LogP contribution < -0.4 is 10.5 Å². The summed E-state index contributed by atoms with van der Waals surface area (Å²) in [5.41, 5.74) is 7.00. The van der Waals surface area contributed by atoms with Crippen molar-refractivity contribution in [3.63, 3.8) is 0 Å². The molecule has 0 saturated carbocycles. The van der Waals surface area contributed by atoms with Crippen LogP contribution in [0, 0.1) is 5.92 Å². The summed E-state index contributed by atoms with van der Waals surface area (Å²) in [4.78, 5) is 27.9. The Balaban J connectivity index is 1.70. The zero-order valence-electron chi connectivity index (χ0n) is 14.3. The van der Waals surface area contributed by atoms with Gasteiger partial charge in [-0.05, 0) is 37.1 Å². The van der Waals surface area contributed by atoms with Crippen LogP contribution in [0.15, 0.2) is 18.2 Å². The molecule has 1 saturated heterocycles. The van der Waals surface area contributed by atoms with E-state index in [2.05, 4.69) is 0 Å². The number of carbonyl (C=O) groups excluding carboxylic acids is 2. The lowest BCUT2D eigenvalue weighted by molar-refractivity contribution is -0.138. The molecule has 1 unspecified atom stereocenters. The average Bonchev–Trinajstić information content (AvgIpc) is 2.82. The molecule has 0 bridgehead atoms. The van der Waals surface area contributed by atoms with Crippen molar-refractivity contribution in [1.29, 1.82) is 0 Å². The Hall–Kier alpha value is -2.12. The molecule has 2 aliphatic heterocycles. The molecule has 1 fully saturated rings. The largest absolute Gasteiger partial charge is 0.491 e. The third kappa shape index (κ3) is 4.29. The average molecular weight is 347 g/mol. The second-order valence-electron chi connectivity index (χ2n) is 6.75. The van der Waals surface area contributed by atoms with E-state index in [-0.39, 0.29) is 30.9 Å². The number of primary amides is 1. The SMILES string of the molecule is NC(=O)CN1CCCC(C(=O)N2CCOc3ccc(CO)cc3C2)C1. The fourth-order valence-corrected chi connectivity index (χ4v) is 3.61. The fourth-order valence-electron chi connectivity index (χ4n) is 3.61. The highest BCUT2D eigenvalue weighted by Gasteiger charge is 2.31. The maximum Gasteiger partial charge on any atom is 0.231 e. The third-order valence-electron chi connectivity index (χ3n) is 4.83. The maximum atomic E-state index is 13.0. The van der Waals surface area contributed by atoms with E-state index in [9.17, 15) is 14.7 Å². The molecule has 1 aromatic carbocycles. The Morgan fingerprint density at radius 3 is 2.92 bits per heavy atom. The zero-order chi connectivity index (χ0) is 17.8. The van der Waals surface area contributed by atoms with Gasteiger partial charge in [-0.3, -0.25) is 14.5 Å². The summed E-state index contributed by atoms with van der Waals surface area (Å²) in [5, 5.41) is 9.32. The van der Waals surface area contributed by atoms with Gasteiger partial charge in [0.2, 0.25) is 11.8 Å². The molecule has 0 aromatic heterocycles. The van der Waals surface area contributed by atoms with E-state index >= 15 is 0 Å². The van der Waals surface area contributed by atoms with Crippen molar-refractivity contribution in [1.82, 2.24) is 9.80 Å². The van der Waals surface area contributed by atoms with Gasteiger partial charge in [0.05, 0.1) is 25.6 Å².